The van der Waals surface area contributed by atoms with E-state index in [4.69, 9.17) is 9.47 Å². The fourth-order valence-corrected chi connectivity index (χ4v) is 4.51. The average molecular weight is 550 g/mol. The number of aryl methyl sites for hydroxylation is 1. The minimum absolute atomic E-state index is 0.311. The van der Waals surface area contributed by atoms with Crippen LogP contribution in [0.15, 0.2) is 77.7 Å². The largest absolute Gasteiger partial charge is 0.478 e. The van der Waals surface area contributed by atoms with E-state index in [1.165, 1.54) is 18.7 Å². The second-order valence-electron chi connectivity index (χ2n) is 9.89. The van der Waals surface area contributed by atoms with Crippen LogP contribution in [0.5, 0.6) is 11.5 Å². The number of benzene rings is 3. The first-order valence-electron chi connectivity index (χ1n) is 12.7. The quantitative estimate of drug-likeness (QED) is 0.252. The number of nitrogens with zero attached hydrogens (tertiary/aromatic N) is 1. The van der Waals surface area contributed by atoms with E-state index < -0.39 is 11.6 Å². The molecule has 1 atom stereocenters. The number of carbonyl (C=O) groups excluding carboxylic acids is 2. The highest BCUT2D eigenvalue weighted by Crippen LogP contribution is 2.27. The molecule has 1 fully saturated rings. The number of aliphatic carboxylic acids is 1. The molecule has 3 aromatic carbocycles. The summed E-state index contributed by atoms with van der Waals surface area (Å²) in [5.74, 6) is 0.478. The molecule has 39 heavy (non-hydrogen) atoms. The van der Waals surface area contributed by atoms with Crippen LogP contribution in [-0.4, -0.2) is 53.3 Å². The monoisotopic (exact) mass is 549 g/mol. The van der Waals surface area contributed by atoms with Gasteiger partial charge in [-0.3, -0.25) is 4.79 Å². The molecule has 3 aromatic rings. The molecule has 8 heteroatoms. The van der Waals surface area contributed by atoms with Gasteiger partial charge in [-0.1, -0.05) is 42.5 Å². The second kappa shape index (κ2) is 13.8. The van der Waals surface area contributed by atoms with Crippen LogP contribution in [0, 0.1) is 12.8 Å². The van der Waals surface area contributed by atoms with Crippen LogP contribution in [0.4, 0.5) is 4.79 Å². The van der Waals surface area contributed by atoms with Gasteiger partial charge in [0, 0.05) is 23.5 Å². The number of hydrogen-bond donors (Lipinski definition) is 1. The van der Waals surface area contributed by atoms with E-state index in [1.54, 1.807) is 28.8 Å². The first-order valence-corrected chi connectivity index (χ1v) is 14.0. The number of para-hydroxylation sites is 1. The molecule has 1 aliphatic heterocycles. The van der Waals surface area contributed by atoms with E-state index >= 15 is 0 Å². The molecule has 0 saturated carbocycles. The maximum Gasteiger partial charge on any atom is 0.415 e. The minimum Gasteiger partial charge on any atom is -0.478 e. The zero-order valence-electron chi connectivity index (χ0n) is 22.8. The lowest BCUT2D eigenvalue weighted by Gasteiger charge is -2.23. The molecule has 0 spiro atoms. The predicted molar refractivity (Wildman–Crippen MR) is 153 cm³/mol. The molecule has 1 heterocycles. The van der Waals surface area contributed by atoms with E-state index in [2.05, 4.69) is 0 Å². The smallest absolute Gasteiger partial charge is 0.415 e. The number of hydrogen-bond acceptors (Lipinski definition) is 6. The molecule has 1 aliphatic rings. The van der Waals surface area contributed by atoms with Crippen molar-refractivity contribution in [3.63, 3.8) is 0 Å². The molecule has 1 saturated heterocycles. The molecule has 1 N–H and O–H groups in total. The Balaban J connectivity index is 0.000000353. The lowest BCUT2D eigenvalue weighted by molar-refractivity contribution is -0.152. The van der Waals surface area contributed by atoms with Crippen LogP contribution in [-0.2, 0) is 11.2 Å². The van der Waals surface area contributed by atoms with Crippen molar-refractivity contribution in [2.75, 3.05) is 19.3 Å². The number of amides is 1. The van der Waals surface area contributed by atoms with Gasteiger partial charge >= 0.3 is 12.1 Å². The van der Waals surface area contributed by atoms with Crippen molar-refractivity contribution < 1.29 is 29.0 Å². The molecule has 206 valence electrons. The summed E-state index contributed by atoms with van der Waals surface area (Å²) in [4.78, 5) is 36.7. The van der Waals surface area contributed by atoms with Crippen molar-refractivity contribution in [1.29, 1.82) is 0 Å². The first kappa shape index (κ1) is 29.8. The second-order valence-corrected chi connectivity index (χ2v) is 10.8. The molecule has 0 aromatic heterocycles. The first-order chi connectivity index (χ1) is 18.6. The van der Waals surface area contributed by atoms with Crippen molar-refractivity contribution in [1.82, 2.24) is 4.90 Å². The van der Waals surface area contributed by atoms with Gasteiger partial charge < -0.3 is 19.5 Å². The van der Waals surface area contributed by atoms with Gasteiger partial charge in [0.25, 0.3) is 0 Å². The van der Waals surface area contributed by atoms with Gasteiger partial charge in [0.2, 0.25) is 0 Å². The Morgan fingerprint density at radius 2 is 1.77 bits per heavy atom. The molecule has 1 amide bonds. The normalized spacial score (nSPS) is 14.7. The number of rotatable bonds is 8. The predicted octanol–water partition coefficient (Wildman–Crippen LogP) is 6.52. The lowest BCUT2D eigenvalue weighted by Crippen LogP contribution is -2.38. The molecular weight excluding hydrogens is 514 g/mol. The Morgan fingerprint density at radius 3 is 2.36 bits per heavy atom. The van der Waals surface area contributed by atoms with Crippen LogP contribution >= 0.6 is 11.8 Å². The van der Waals surface area contributed by atoms with Gasteiger partial charge in [-0.25, -0.2) is 9.59 Å². The summed E-state index contributed by atoms with van der Waals surface area (Å²) < 4.78 is 11.1. The zero-order chi connectivity index (χ0) is 28.4. The highest BCUT2D eigenvalue weighted by Gasteiger charge is 2.30. The number of carbonyl (C=O) groups is 3. The van der Waals surface area contributed by atoms with Crippen LogP contribution in [0.1, 0.15) is 41.8 Å². The molecule has 4 rings (SSSR count). The summed E-state index contributed by atoms with van der Waals surface area (Å²) in [7, 11) is 0. The summed E-state index contributed by atoms with van der Waals surface area (Å²) in [6.07, 6.45) is 4.32. The average Bonchev–Trinajstić information content (AvgIpc) is 3.40. The van der Waals surface area contributed by atoms with E-state index in [-0.39, 0.29) is 6.09 Å². The number of carboxylic acid groups (broad SMARTS) is 1. The summed E-state index contributed by atoms with van der Waals surface area (Å²) in [6, 6.07) is 22.4. The Labute approximate surface area is 234 Å². The highest BCUT2D eigenvalue weighted by atomic mass is 32.2. The van der Waals surface area contributed by atoms with Crippen molar-refractivity contribution in [2.24, 2.45) is 5.92 Å². The lowest BCUT2D eigenvalue weighted by atomic mass is 9.97. The summed E-state index contributed by atoms with van der Waals surface area (Å²) in [5, 5.41) is 9.23. The number of thioether (sulfide) groups is 1. The number of ether oxygens (including phenoxy) is 2. The highest BCUT2D eigenvalue weighted by molar-refractivity contribution is 7.98. The SMILES string of the molecule is CSc1ccc(C=O)cc1.Cc1cc(CC2CCN(C(=O)Oc3ccccc3)C2)ccc1OC(C)(C)C(=O)O. The third-order valence-electron chi connectivity index (χ3n) is 6.39. The summed E-state index contributed by atoms with van der Waals surface area (Å²) >= 11 is 1.67. The van der Waals surface area contributed by atoms with E-state index in [0.717, 1.165) is 35.8 Å². The fraction of sp³-hybridized carbons (Fsp3) is 0.323. The van der Waals surface area contributed by atoms with Crippen molar-refractivity contribution in [3.05, 3.63) is 89.5 Å². The Bertz CT molecular complexity index is 1260. The molecule has 1 unspecified atom stereocenters. The van der Waals surface area contributed by atoms with Crippen LogP contribution in [0.3, 0.4) is 0 Å². The Hall–Kier alpha value is -3.78. The third-order valence-corrected chi connectivity index (χ3v) is 7.13. The number of likely N-dealkylation sites (tertiary alicyclic amines) is 1. The van der Waals surface area contributed by atoms with E-state index in [9.17, 15) is 19.5 Å². The maximum absolute atomic E-state index is 12.3. The van der Waals surface area contributed by atoms with Gasteiger partial charge in [0.15, 0.2) is 5.60 Å². The summed E-state index contributed by atoms with van der Waals surface area (Å²) in [6.45, 7) is 6.32. The van der Waals surface area contributed by atoms with Gasteiger partial charge in [-0.15, -0.1) is 11.8 Å². The fourth-order valence-electron chi connectivity index (χ4n) is 4.11. The standard InChI is InChI=1S/C23H27NO5.C8H8OS/c1-16-13-17(9-10-20(16)29-23(2,3)21(25)26)14-18-11-12-24(15-18)22(27)28-19-7-5-4-6-8-19;1-10-8-4-2-7(6-9)3-5-8/h4-10,13,18H,11-12,14-15H2,1-3H3,(H,25,26);2-6H,1H3. The molecule has 0 aliphatic carbocycles. The molecule has 0 bridgehead atoms. The van der Waals surface area contributed by atoms with Gasteiger partial charge in [0.1, 0.15) is 17.8 Å². The molecule has 7 nitrogen and oxygen atoms in total. The molecule has 0 radical (unpaired) electrons. The maximum atomic E-state index is 12.3. The van der Waals surface area contributed by atoms with Gasteiger partial charge in [0.05, 0.1) is 0 Å². The van der Waals surface area contributed by atoms with Gasteiger partial charge in [-0.2, -0.15) is 0 Å². The van der Waals surface area contributed by atoms with Crippen LogP contribution < -0.4 is 9.47 Å². The summed E-state index contributed by atoms with van der Waals surface area (Å²) in [5.41, 5.74) is 1.50. The Kier molecular flexibility index (Phi) is 10.6. The van der Waals surface area contributed by atoms with E-state index in [1.807, 2.05) is 73.8 Å². The number of carboxylic acids is 1. The Morgan fingerprint density at radius 1 is 1.08 bits per heavy atom. The van der Waals surface area contributed by atoms with Crippen LogP contribution in [0.2, 0.25) is 0 Å². The molecular formula is C31H35NO6S. The topological polar surface area (TPSA) is 93.1 Å². The van der Waals surface area contributed by atoms with Crippen molar-refractivity contribution in [2.45, 2.75) is 44.1 Å². The van der Waals surface area contributed by atoms with Crippen molar-refractivity contribution >= 4 is 30.1 Å². The van der Waals surface area contributed by atoms with E-state index in [0.29, 0.717) is 30.5 Å². The van der Waals surface area contributed by atoms with Gasteiger partial charge in [-0.05, 0) is 87.2 Å². The minimum atomic E-state index is -1.28. The van der Waals surface area contributed by atoms with Crippen molar-refractivity contribution in [3.8, 4) is 11.5 Å². The third kappa shape index (κ3) is 8.89. The van der Waals surface area contributed by atoms with Crippen LogP contribution in [0.25, 0.3) is 0 Å². The zero-order valence-corrected chi connectivity index (χ0v) is 23.6. The number of aldehydes is 1.